The van der Waals surface area contributed by atoms with E-state index in [1.807, 2.05) is 48.5 Å². The third-order valence-electron chi connectivity index (χ3n) is 4.33. The highest BCUT2D eigenvalue weighted by Gasteiger charge is 2.10. The molecule has 1 aliphatic rings. The molecule has 2 aromatic rings. The second-order valence-corrected chi connectivity index (χ2v) is 6.07. The first kappa shape index (κ1) is 15.5. The van der Waals surface area contributed by atoms with Crippen molar-refractivity contribution in [3.8, 4) is 16.9 Å². The predicted octanol–water partition coefficient (Wildman–Crippen LogP) is 5.40. The van der Waals surface area contributed by atoms with Gasteiger partial charge >= 0.3 is 5.97 Å². The number of benzene rings is 2. The second kappa shape index (κ2) is 7.77. The number of esters is 1. The molecule has 118 valence electrons. The number of carbonyl (C=O) groups is 1. The van der Waals surface area contributed by atoms with Gasteiger partial charge in [-0.3, -0.25) is 0 Å². The summed E-state index contributed by atoms with van der Waals surface area (Å²) in [5, 5.41) is 0. The predicted molar refractivity (Wildman–Crippen MR) is 93.2 cm³/mol. The molecule has 2 heteroatoms. The van der Waals surface area contributed by atoms with Gasteiger partial charge in [0.25, 0.3) is 0 Å². The van der Waals surface area contributed by atoms with Gasteiger partial charge in [-0.25, -0.2) is 4.79 Å². The molecule has 23 heavy (non-hydrogen) atoms. The summed E-state index contributed by atoms with van der Waals surface area (Å²) >= 11 is 0. The van der Waals surface area contributed by atoms with Crippen molar-refractivity contribution in [3.05, 3.63) is 66.7 Å². The summed E-state index contributed by atoms with van der Waals surface area (Å²) in [6.07, 6.45) is 9.84. The summed E-state index contributed by atoms with van der Waals surface area (Å²) in [5.74, 6) is 0.836. The SMILES string of the molecule is O=C(/C=C/C1CCCCC1)Oc1ccc(-c2ccccc2)cc1. The minimum absolute atomic E-state index is 0.289. The van der Waals surface area contributed by atoms with Gasteiger partial charge in [0.15, 0.2) is 0 Å². The molecule has 0 saturated heterocycles. The lowest BCUT2D eigenvalue weighted by atomic mass is 9.89. The van der Waals surface area contributed by atoms with E-state index in [0.29, 0.717) is 11.7 Å². The average Bonchev–Trinajstić information content (AvgIpc) is 2.62. The van der Waals surface area contributed by atoms with Crippen molar-refractivity contribution in [2.45, 2.75) is 32.1 Å². The van der Waals surface area contributed by atoms with Crippen LogP contribution in [0.25, 0.3) is 11.1 Å². The van der Waals surface area contributed by atoms with Crippen molar-refractivity contribution >= 4 is 5.97 Å². The van der Waals surface area contributed by atoms with E-state index in [9.17, 15) is 4.79 Å². The molecule has 2 nitrogen and oxygen atoms in total. The van der Waals surface area contributed by atoms with Crippen molar-refractivity contribution in [1.82, 2.24) is 0 Å². The maximum Gasteiger partial charge on any atom is 0.335 e. The van der Waals surface area contributed by atoms with Crippen LogP contribution in [0.2, 0.25) is 0 Å². The molecule has 3 rings (SSSR count). The Labute approximate surface area is 137 Å². The quantitative estimate of drug-likeness (QED) is 0.430. The van der Waals surface area contributed by atoms with E-state index >= 15 is 0 Å². The van der Waals surface area contributed by atoms with Crippen LogP contribution in [0.15, 0.2) is 66.7 Å². The Morgan fingerprint density at radius 1 is 0.870 bits per heavy atom. The summed E-state index contributed by atoms with van der Waals surface area (Å²) in [7, 11) is 0. The normalized spacial score (nSPS) is 15.7. The van der Waals surface area contributed by atoms with Crippen LogP contribution >= 0.6 is 0 Å². The fourth-order valence-electron chi connectivity index (χ4n) is 3.04. The van der Waals surface area contributed by atoms with Crippen LogP contribution < -0.4 is 4.74 Å². The Bertz CT molecular complexity index is 650. The molecule has 0 heterocycles. The molecular weight excluding hydrogens is 284 g/mol. The lowest BCUT2D eigenvalue weighted by Crippen LogP contribution is -2.07. The van der Waals surface area contributed by atoms with Crippen LogP contribution in [0.4, 0.5) is 0 Å². The Hall–Kier alpha value is -2.35. The Morgan fingerprint density at radius 2 is 1.52 bits per heavy atom. The van der Waals surface area contributed by atoms with E-state index in [1.165, 1.54) is 32.1 Å². The number of hydrogen-bond acceptors (Lipinski definition) is 2. The Kier molecular flexibility index (Phi) is 5.25. The Morgan fingerprint density at radius 3 is 2.22 bits per heavy atom. The summed E-state index contributed by atoms with van der Waals surface area (Å²) < 4.78 is 5.37. The van der Waals surface area contributed by atoms with Crippen LogP contribution in [-0.4, -0.2) is 5.97 Å². The molecule has 0 N–H and O–H groups in total. The smallest absolute Gasteiger partial charge is 0.335 e. The first-order chi connectivity index (χ1) is 11.3. The zero-order valence-electron chi connectivity index (χ0n) is 13.3. The van der Waals surface area contributed by atoms with Crippen molar-refractivity contribution in [2.75, 3.05) is 0 Å². The zero-order valence-corrected chi connectivity index (χ0v) is 13.3. The maximum atomic E-state index is 11.9. The zero-order chi connectivity index (χ0) is 15.9. The molecule has 1 fully saturated rings. The van der Waals surface area contributed by atoms with Crippen molar-refractivity contribution in [1.29, 1.82) is 0 Å². The number of allylic oxidation sites excluding steroid dienone is 1. The fraction of sp³-hybridized carbons (Fsp3) is 0.286. The maximum absolute atomic E-state index is 11.9. The number of carbonyl (C=O) groups excluding carboxylic acids is 1. The highest BCUT2D eigenvalue weighted by Crippen LogP contribution is 2.25. The van der Waals surface area contributed by atoms with Gasteiger partial charge in [0, 0.05) is 6.08 Å². The molecule has 1 aliphatic carbocycles. The van der Waals surface area contributed by atoms with Crippen LogP contribution in [0.5, 0.6) is 5.75 Å². The van der Waals surface area contributed by atoms with Gasteiger partial charge < -0.3 is 4.74 Å². The lowest BCUT2D eigenvalue weighted by Gasteiger charge is -2.17. The molecular formula is C21H22O2. The second-order valence-electron chi connectivity index (χ2n) is 6.07. The van der Waals surface area contributed by atoms with E-state index in [-0.39, 0.29) is 5.97 Å². The van der Waals surface area contributed by atoms with E-state index in [0.717, 1.165) is 11.1 Å². The van der Waals surface area contributed by atoms with Gasteiger partial charge in [0.05, 0.1) is 0 Å². The summed E-state index contributed by atoms with van der Waals surface area (Å²) in [6.45, 7) is 0. The molecule has 0 spiro atoms. The van der Waals surface area contributed by atoms with Crippen molar-refractivity contribution in [3.63, 3.8) is 0 Å². The third kappa shape index (κ3) is 4.56. The van der Waals surface area contributed by atoms with Crippen LogP contribution in [0.1, 0.15) is 32.1 Å². The minimum atomic E-state index is -0.289. The van der Waals surface area contributed by atoms with Gasteiger partial charge in [-0.15, -0.1) is 0 Å². The summed E-state index contributed by atoms with van der Waals surface area (Å²) in [6, 6.07) is 17.8. The standard InChI is InChI=1S/C21H22O2/c22-21(16-11-17-7-3-1-4-8-17)23-20-14-12-19(13-15-20)18-9-5-2-6-10-18/h2,5-6,9-17H,1,3-4,7-8H2/b16-11+. The average molecular weight is 306 g/mol. The summed E-state index contributed by atoms with van der Waals surface area (Å²) in [4.78, 5) is 11.9. The van der Waals surface area contributed by atoms with Gasteiger partial charge in [-0.05, 0) is 42.0 Å². The van der Waals surface area contributed by atoms with Crippen LogP contribution in [0.3, 0.4) is 0 Å². The number of hydrogen-bond donors (Lipinski definition) is 0. The monoisotopic (exact) mass is 306 g/mol. The first-order valence-corrected chi connectivity index (χ1v) is 8.37. The van der Waals surface area contributed by atoms with E-state index < -0.39 is 0 Å². The molecule has 1 saturated carbocycles. The molecule has 0 atom stereocenters. The largest absolute Gasteiger partial charge is 0.423 e. The molecule has 0 bridgehead atoms. The van der Waals surface area contributed by atoms with Crippen molar-refractivity contribution < 1.29 is 9.53 Å². The molecule has 2 aromatic carbocycles. The third-order valence-corrected chi connectivity index (χ3v) is 4.33. The van der Waals surface area contributed by atoms with Gasteiger partial charge in [0.2, 0.25) is 0 Å². The first-order valence-electron chi connectivity index (χ1n) is 8.37. The number of ether oxygens (including phenoxy) is 1. The Balaban J connectivity index is 1.57. The molecule has 0 aliphatic heterocycles. The van der Waals surface area contributed by atoms with E-state index in [1.54, 1.807) is 6.08 Å². The fourth-order valence-corrected chi connectivity index (χ4v) is 3.04. The molecule has 0 aromatic heterocycles. The summed E-state index contributed by atoms with van der Waals surface area (Å²) in [5.41, 5.74) is 2.27. The van der Waals surface area contributed by atoms with Crippen LogP contribution in [-0.2, 0) is 4.79 Å². The van der Waals surface area contributed by atoms with Gasteiger partial charge in [0.1, 0.15) is 5.75 Å². The van der Waals surface area contributed by atoms with Crippen molar-refractivity contribution in [2.24, 2.45) is 5.92 Å². The van der Waals surface area contributed by atoms with E-state index in [4.69, 9.17) is 4.74 Å². The molecule has 0 unspecified atom stereocenters. The van der Waals surface area contributed by atoms with Gasteiger partial charge in [-0.2, -0.15) is 0 Å². The highest BCUT2D eigenvalue weighted by molar-refractivity contribution is 5.84. The lowest BCUT2D eigenvalue weighted by molar-refractivity contribution is -0.129. The highest BCUT2D eigenvalue weighted by atomic mass is 16.5. The van der Waals surface area contributed by atoms with E-state index in [2.05, 4.69) is 12.1 Å². The topological polar surface area (TPSA) is 26.3 Å². The molecule has 0 amide bonds. The van der Waals surface area contributed by atoms with Crippen LogP contribution in [0, 0.1) is 5.92 Å². The van der Waals surface area contributed by atoms with Gasteiger partial charge in [-0.1, -0.05) is 67.8 Å². The molecule has 0 radical (unpaired) electrons. The number of rotatable bonds is 4. The minimum Gasteiger partial charge on any atom is -0.423 e.